The van der Waals surface area contributed by atoms with Crippen molar-refractivity contribution in [1.82, 2.24) is 10.2 Å². The Morgan fingerprint density at radius 3 is 2.58 bits per heavy atom. The maximum atomic E-state index is 12.2. The molecule has 126 valence electrons. The number of hydrogen-bond acceptors (Lipinski definition) is 6. The second kappa shape index (κ2) is 7.22. The molecule has 0 aliphatic carbocycles. The van der Waals surface area contributed by atoms with Crippen molar-refractivity contribution < 1.29 is 18.9 Å². The summed E-state index contributed by atoms with van der Waals surface area (Å²) in [5, 5.41) is 8.44. The number of aromatic nitrogens is 2. The van der Waals surface area contributed by atoms with Gasteiger partial charge in [0.1, 0.15) is 0 Å². The van der Waals surface area contributed by atoms with E-state index in [9.17, 15) is 9.59 Å². The summed E-state index contributed by atoms with van der Waals surface area (Å²) in [6.45, 7) is 4.78. The van der Waals surface area contributed by atoms with Gasteiger partial charge in [-0.2, -0.15) is 5.01 Å². The van der Waals surface area contributed by atoms with Crippen molar-refractivity contribution >= 4 is 17.6 Å². The van der Waals surface area contributed by atoms with Crippen LogP contribution in [0.15, 0.2) is 41.1 Å². The van der Waals surface area contributed by atoms with Crippen LogP contribution in [0.4, 0.5) is 5.88 Å². The standard InChI is InChI=1S/C16H19N5O3/c1-13(22)17-16-12-21(18-24-16)20-9-7-19(8-10-20)11-15(23)14-5-3-2-4-6-14/h2-6,12H,7-11H2,1H3/p+1. The molecule has 1 aromatic heterocycles. The molecule has 0 spiro atoms. The summed E-state index contributed by atoms with van der Waals surface area (Å²) in [5.74, 6) is 0.234. The quantitative estimate of drug-likeness (QED) is 0.616. The van der Waals surface area contributed by atoms with E-state index in [0.717, 1.165) is 31.7 Å². The highest BCUT2D eigenvalue weighted by atomic mass is 16.5. The first-order chi connectivity index (χ1) is 11.6. The van der Waals surface area contributed by atoms with Gasteiger partial charge in [-0.15, -0.1) is 0 Å². The molecule has 1 amide bonds. The van der Waals surface area contributed by atoms with Gasteiger partial charge in [0.15, 0.2) is 5.78 Å². The van der Waals surface area contributed by atoms with Crippen LogP contribution in [-0.2, 0) is 4.79 Å². The Morgan fingerprint density at radius 2 is 1.92 bits per heavy atom. The van der Waals surface area contributed by atoms with Gasteiger partial charge in [0.25, 0.3) is 6.20 Å². The third kappa shape index (κ3) is 3.96. The summed E-state index contributed by atoms with van der Waals surface area (Å²) in [6, 6.07) is 9.33. The Bertz CT molecular complexity index is 708. The summed E-state index contributed by atoms with van der Waals surface area (Å²) in [5.41, 5.74) is 0.741. The molecule has 2 aromatic rings. The normalized spacial score (nSPS) is 15.3. The van der Waals surface area contributed by atoms with Gasteiger partial charge in [-0.1, -0.05) is 30.3 Å². The Balaban J connectivity index is 1.51. The number of rotatable bonds is 5. The number of amides is 1. The van der Waals surface area contributed by atoms with E-state index < -0.39 is 0 Å². The van der Waals surface area contributed by atoms with E-state index in [1.807, 2.05) is 35.3 Å². The van der Waals surface area contributed by atoms with E-state index in [1.54, 1.807) is 11.0 Å². The van der Waals surface area contributed by atoms with E-state index >= 15 is 0 Å². The van der Waals surface area contributed by atoms with E-state index in [4.69, 9.17) is 4.52 Å². The van der Waals surface area contributed by atoms with Crippen LogP contribution < -0.4 is 15.1 Å². The first-order valence-electron chi connectivity index (χ1n) is 7.84. The molecule has 0 radical (unpaired) electrons. The summed E-state index contributed by atoms with van der Waals surface area (Å²) in [7, 11) is 0. The topological polar surface area (TPSA) is 82.6 Å². The summed E-state index contributed by atoms with van der Waals surface area (Å²) in [6.07, 6.45) is 1.63. The van der Waals surface area contributed by atoms with Crippen LogP contribution in [0.1, 0.15) is 17.3 Å². The van der Waals surface area contributed by atoms with Crippen molar-refractivity contribution in [3.05, 3.63) is 42.1 Å². The summed E-state index contributed by atoms with van der Waals surface area (Å²) < 4.78 is 5.05. The van der Waals surface area contributed by atoms with E-state index in [-0.39, 0.29) is 11.7 Å². The van der Waals surface area contributed by atoms with Crippen molar-refractivity contribution in [3.63, 3.8) is 0 Å². The largest absolute Gasteiger partial charge is 0.305 e. The molecule has 1 N–H and O–H groups in total. The second-order valence-corrected chi connectivity index (χ2v) is 5.69. The van der Waals surface area contributed by atoms with Crippen molar-refractivity contribution in [2.75, 3.05) is 43.0 Å². The van der Waals surface area contributed by atoms with Gasteiger partial charge in [0.05, 0.1) is 24.4 Å². The third-order valence-electron chi connectivity index (χ3n) is 3.86. The van der Waals surface area contributed by atoms with E-state index in [1.165, 1.54) is 6.92 Å². The molecule has 24 heavy (non-hydrogen) atoms. The molecule has 1 saturated heterocycles. The maximum Gasteiger partial charge on any atom is 0.305 e. The number of piperazine rings is 1. The lowest BCUT2D eigenvalue weighted by molar-refractivity contribution is -0.759. The van der Waals surface area contributed by atoms with Crippen LogP contribution in [0.5, 0.6) is 0 Å². The molecule has 1 aliphatic heterocycles. The molecule has 0 unspecified atom stereocenters. The zero-order valence-electron chi connectivity index (χ0n) is 13.5. The Morgan fingerprint density at radius 1 is 1.21 bits per heavy atom. The third-order valence-corrected chi connectivity index (χ3v) is 3.86. The first-order valence-corrected chi connectivity index (χ1v) is 7.84. The van der Waals surface area contributed by atoms with Gasteiger partial charge in [-0.3, -0.25) is 24.3 Å². The van der Waals surface area contributed by atoms with Gasteiger partial charge in [0, 0.05) is 25.6 Å². The smallest absolute Gasteiger partial charge is 0.293 e. The minimum Gasteiger partial charge on any atom is -0.293 e. The molecule has 1 aromatic carbocycles. The molecule has 0 atom stereocenters. The molecular weight excluding hydrogens is 310 g/mol. The first kappa shape index (κ1) is 16.1. The van der Waals surface area contributed by atoms with Crippen molar-refractivity contribution in [3.8, 4) is 0 Å². The highest BCUT2D eigenvalue weighted by Crippen LogP contribution is 2.05. The van der Waals surface area contributed by atoms with Gasteiger partial charge in [-0.05, 0) is 0 Å². The predicted molar refractivity (Wildman–Crippen MR) is 86.2 cm³/mol. The van der Waals surface area contributed by atoms with Gasteiger partial charge >= 0.3 is 5.88 Å². The van der Waals surface area contributed by atoms with Gasteiger partial charge < -0.3 is 0 Å². The number of benzene rings is 1. The fourth-order valence-electron chi connectivity index (χ4n) is 2.62. The number of hydrogen-bond donors (Lipinski definition) is 1. The number of carbonyl (C=O) groups is 2. The van der Waals surface area contributed by atoms with Crippen LogP contribution >= 0.6 is 0 Å². The number of nitrogens with one attached hydrogen (secondary N) is 1. The Hall–Kier alpha value is -2.74. The fraction of sp³-hybridized carbons (Fsp3) is 0.375. The summed E-state index contributed by atoms with van der Waals surface area (Å²) in [4.78, 5) is 27.0. The predicted octanol–water partition coefficient (Wildman–Crippen LogP) is 0.0570. The van der Waals surface area contributed by atoms with Crippen molar-refractivity contribution in [2.45, 2.75) is 6.92 Å². The Labute approximate surface area is 139 Å². The molecule has 3 rings (SSSR count). The lowest BCUT2D eigenvalue weighted by Crippen LogP contribution is -2.65. The van der Waals surface area contributed by atoms with Crippen LogP contribution in [0, 0.1) is 0 Å². The van der Waals surface area contributed by atoms with Gasteiger partial charge in [-0.25, -0.2) is 0 Å². The molecule has 0 bridgehead atoms. The Kier molecular flexibility index (Phi) is 4.85. The lowest BCUT2D eigenvalue weighted by Gasteiger charge is -2.29. The molecule has 1 fully saturated rings. The average Bonchev–Trinajstić information content (AvgIpc) is 3.04. The number of anilines is 1. The number of carbonyl (C=O) groups excluding carboxylic acids is 2. The SMILES string of the molecule is CC(=O)Nc1c[n+](N2CCN(CC(=O)c3ccccc3)CC2)no1. The maximum absolute atomic E-state index is 12.2. The van der Waals surface area contributed by atoms with Crippen LogP contribution in [0.2, 0.25) is 0 Å². The number of nitrogens with zero attached hydrogens (tertiary/aromatic N) is 4. The van der Waals surface area contributed by atoms with E-state index in [2.05, 4.69) is 15.5 Å². The van der Waals surface area contributed by atoms with Crippen LogP contribution in [-0.4, -0.2) is 54.6 Å². The molecule has 8 nitrogen and oxygen atoms in total. The highest BCUT2D eigenvalue weighted by molar-refractivity contribution is 5.97. The lowest BCUT2D eigenvalue weighted by atomic mass is 10.1. The van der Waals surface area contributed by atoms with Crippen LogP contribution in [0.3, 0.4) is 0 Å². The molecular formula is C16H20N5O3+. The monoisotopic (exact) mass is 330 g/mol. The molecule has 1 aliphatic rings. The van der Waals surface area contributed by atoms with Crippen LogP contribution in [0.25, 0.3) is 0 Å². The second-order valence-electron chi connectivity index (χ2n) is 5.69. The number of Topliss-reactive ketones (excluding diaryl/α,β-unsaturated/α-hetero) is 1. The average molecular weight is 330 g/mol. The molecule has 0 saturated carbocycles. The highest BCUT2D eigenvalue weighted by Gasteiger charge is 2.27. The zero-order valence-corrected chi connectivity index (χ0v) is 13.5. The molecule has 2 heterocycles. The number of ketones is 1. The zero-order chi connectivity index (χ0) is 16.9. The fourth-order valence-corrected chi connectivity index (χ4v) is 2.62. The van der Waals surface area contributed by atoms with Crippen molar-refractivity contribution in [2.24, 2.45) is 0 Å². The summed E-state index contributed by atoms with van der Waals surface area (Å²) >= 11 is 0. The van der Waals surface area contributed by atoms with Gasteiger partial charge in [0.2, 0.25) is 11.2 Å². The minimum absolute atomic E-state index is 0.131. The molecule has 8 heteroatoms. The van der Waals surface area contributed by atoms with Crippen molar-refractivity contribution in [1.29, 1.82) is 0 Å². The van der Waals surface area contributed by atoms with E-state index in [0.29, 0.717) is 12.4 Å². The minimum atomic E-state index is -0.206.